The number of para-hydroxylation sites is 2. The van der Waals surface area contributed by atoms with Crippen LogP contribution in [0.1, 0.15) is 31.2 Å². The number of aromatic nitrogens is 2. The number of fused-ring (bicyclic) bond motifs is 1. The first kappa shape index (κ1) is 19.3. The highest BCUT2D eigenvalue weighted by atomic mass is 32.2. The van der Waals surface area contributed by atoms with E-state index >= 15 is 0 Å². The molecule has 148 valence electrons. The van der Waals surface area contributed by atoms with E-state index in [9.17, 15) is 4.79 Å². The van der Waals surface area contributed by atoms with Gasteiger partial charge in [0, 0.05) is 18.3 Å². The summed E-state index contributed by atoms with van der Waals surface area (Å²) in [6.07, 6.45) is 5.02. The van der Waals surface area contributed by atoms with Crippen LogP contribution in [0, 0.1) is 11.3 Å². The van der Waals surface area contributed by atoms with Gasteiger partial charge in [0.25, 0.3) is 5.22 Å². The number of ether oxygens (including phenoxy) is 1. The van der Waals surface area contributed by atoms with Crippen LogP contribution in [-0.4, -0.2) is 33.8 Å². The number of rotatable bonds is 6. The quantitative estimate of drug-likeness (QED) is 0.621. The van der Waals surface area contributed by atoms with Crippen molar-refractivity contribution in [2.24, 2.45) is 0 Å². The third-order valence-corrected chi connectivity index (χ3v) is 5.62. The molecule has 0 atom stereocenters. The Morgan fingerprint density at radius 2 is 2.07 bits per heavy atom. The molecule has 0 saturated heterocycles. The third-order valence-electron chi connectivity index (χ3n) is 4.79. The predicted molar refractivity (Wildman–Crippen MR) is 108 cm³/mol. The predicted octanol–water partition coefficient (Wildman–Crippen LogP) is 3.69. The molecule has 3 aromatic rings. The smallest absolute Gasteiger partial charge is 0.257 e. The molecule has 1 amide bonds. The Hall–Kier alpha value is -3.05. The second-order valence-corrected chi connectivity index (χ2v) is 7.82. The lowest BCUT2D eigenvalue weighted by molar-refractivity contribution is -0.119. The standard InChI is InChI=1S/C21H20N4O3S/c22-11-14-5-10-20(23-12-14)27-16-8-6-15(7-9-16)24-19(26)13-29-21-25-17-3-1-2-4-18(17)28-21/h1-5,10,12,15-16H,6-9,13H2,(H,24,26). The number of nitrogens with zero attached hydrogens (tertiary/aromatic N) is 3. The maximum Gasteiger partial charge on any atom is 0.257 e. The van der Waals surface area contributed by atoms with Crippen LogP contribution in [0.4, 0.5) is 0 Å². The van der Waals surface area contributed by atoms with Gasteiger partial charge in [0.2, 0.25) is 11.8 Å². The van der Waals surface area contributed by atoms with Crippen LogP contribution in [0.2, 0.25) is 0 Å². The lowest BCUT2D eigenvalue weighted by Crippen LogP contribution is -2.40. The molecule has 4 rings (SSSR count). The van der Waals surface area contributed by atoms with Crippen molar-refractivity contribution in [2.45, 2.75) is 43.1 Å². The summed E-state index contributed by atoms with van der Waals surface area (Å²) >= 11 is 1.30. The second-order valence-electron chi connectivity index (χ2n) is 6.89. The zero-order chi connectivity index (χ0) is 20.1. The number of hydrogen-bond donors (Lipinski definition) is 1. The number of pyridine rings is 1. The van der Waals surface area contributed by atoms with Crippen molar-refractivity contribution in [3.63, 3.8) is 0 Å². The number of thioether (sulfide) groups is 1. The molecule has 29 heavy (non-hydrogen) atoms. The molecule has 1 fully saturated rings. The van der Waals surface area contributed by atoms with E-state index in [4.69, 9.17) is 14.4 Å². The van der Waals surface area contributed by atoms with Gasteiger partial charge in [-0.1, -0.05) is 23.9 Å². The van der Waals surface area contributed by atoms with Crippen molar-refractivity contribution in [1.82, 2.24) is 15.3 Å². The minimum atomic E-state index is -0.0182. The molecule has 0 radical (unpaired) electrons. The van der Waals surface area contributed by atoms with Crippen LogP contribution in [-0.2, 0) is 4.79 Å². The zero-order valence-electron chi connectivity index (χ0n) is 15.7. The van der Waals surface area contributed by atoms with Gasteiger partial charge < -0.3 is 14.5 Å². The van der Waals surface area contributed by atoms with Gasteiger partial charge in [-0.3, -0.25) is 4.79 Å². The molecule has 1 aromatic carbocycles. The van der Waals surface area contributed by atoms with Crippen molar-refractivity contribution in [1.29, 1.82) is 5.26 Å². The Morgan fingerprint density at radius 3 is 2.79 bits per heavy atom. The van der Waals surface area contributed by atoms with Crippen molar-refractivity contribution in [2.75, 3.05) is 5.75 Å². The number of hydrogen-bond acceptors (Lipinski definition) is 7. The van der Waals surface area contributed by atoms with E-state index in [1.54, 1.807) is 12.1 Å². The van der Waals surface area contributed by atoms with Gasteiger partial charge in [-0.25, -0.2) is 9.97 Å². The molecular formula is C21H20N4O3S. The van der Waals surface area contributed by atoms with Gasteiger partial charge in [0.1, 0.15) is 17.7 Å². The van der Waals surface area contributed by atoms with E-state index in [0.717, 1.165) is 36.8 Å². The van der Waals surface area contributed by atoms with Gasteiger partial charge in [-0.2, -0.15) is 5.26 Å². The molecule has 0 bridgehead atoms. The van der Waals surface area contributed by atoms with Crippen molar-refractivity contribution >= 4 is 28.8 Å². The average Bonchev–Trinajstić information content (AvgIpc) is 3.17. The number of carbonyl (C=O) groups is 1. The fraction of sp³-hybridized carbons (Fsp3) is 0.333. The lowest BCUT2D eigenvalue weighted by Gasteiger charge is -2.29. The number of nitrogens with one attached hydrogen (secondary N) is 1. The van der Waals surface area contributed by atoms with Gasteiger partial charge >= 0.3 is 0 Å². The molecule has 0 spiro atoms. The van der Waals surface area contributed by atoms with Gasteiger partial charge in [0.05, 0.1) is 11.3 Å². The molecule has 1 aliphatic rings. The van der Waals surface area contributed by atoms with Crippen molar-refractivity contribution < 1.29 is 13.9 Å². The van der Waals surface area contributed by atoms with E-state index < -0.39 is 0 Å². The third kappa shape index (κ3) is 5.06. The van der Waals surface area contributed by atoms with Gasteiger partial charge in [0.15, 0.2) is 5.58 Å². The Kier molecular flexibility index (Phi) is 5.96. The number of benzene rings is 1. The number of nitriles is 1. The molecule has 2 aromatic heterocycles. The molecule has 7 nitrogen and oxygen atoms in total. The summed E-state index contributed by atoms with van der Waals surface area (Å²) in [6.45, 7) is 0. The van der Waals surface area contributed by atoms with E-state index in [-0.39, 0.29) is 23.8 Å². The summed E-state index contributed by atoms with van der Waals surface area (Å²) in [7, 11) is 0. The molecule has 8 heteroatoms. The zero-order valence-corrected chi connectivity index (χ0v) is 16.5. The Morgan fingerprint density at radius 1 is 1.24 bits per heavy atom. The summed E-state index contributed by atoms with van der Waals surface area (Å²) in [5, 5.41) is 12.4. The molecule has 1 saturated carbocycles. The number of oxazole rings is 1. The highest BCUT2D eigenvalue weighted by Gasteiger charge is 2.24. The molecule has 0 aliphatic heterocycles. The van der Waals surface area contributed by atoms with Crippen LogP contribution in [0.15, 0.2) is 52.2 Å². The lowest BCUT2D eigenvalue weighted by atomic mass is 9.93. The minimum Gasteiger partial charge on any atom is -0.474 e. The van der Waals surface area contributed by atoms with E-state index in [0.29, 0.717) is 16.7 Å². The first-order valence-corrected chi connectivity index (χ1v) is 10.5. The monoisotopic (exact) mass is 408 g/mol. The van der Waals surface area contributed by atoms with Crippen LogP contribution in [0.3, 0.4) is 0 Å². The minimum absolute atomic E-state index is 0.0182. The maximum absolute atomic E-state index is 12.3. The van der Waals surface area contributed by atoms with Crippen LogP contribution in [0.25, 0.3) is 11.1 Å². The highest BCUT2D eigenvalue weighted by Crippen LogP contribution is 2.25. The van der Waals surface area contributed by atoms with E-state index in [1.807, 2.05) is 30.3 Å². The Labute approximate surface area is 172 Å². The largest absolute Gasteiger partial charge is 0.474 e. The van der Waals surface area contributed by atoms with Crippen molar-refractivity contribution in [3.8, 4) is 11.9 Å². The topological polar surface area (TPSA) is 101 Å². The van der Waals surface area contributed by atoms with Crippen LogP contribution in [0.5, 0.6) is 5.88 Å². The van der Waals surface area contributed by atoms with Gasteiger partial charge in [-0.15, -0.1) is 0 Å². The summed E-state index contributed by atoms with van der Waals surface area (Å²) in [5.74, 6) is 0.792. The average molecular weight is 408 g/mol. The van der Waals surface area contributed by atoms with E-state index in [1.165, 1.54) is 18.0 Å². The fourth-order valence-electron chi connectivity index (χ4n) is 3.32. The van der Waals surface area contributed by atoms with Gasteiger partial charge in [-0.05, 0) is 43.9 Å². The molecule has 0 unspecified atom stereocenters. The normalized spacial score (nSPS) is 18.9. The van der Waals surface area contributed by atoms with Crippen LogP contribution < -0.4 is 10.1 Å². The maximum atomic E-state index is 12.3. The SMILES string of the molecule is N#Cc1ccc(OC2CCC(NC(=O)CSc3nc4ccccc4o3)CC2)nc1. The number of amides is 1. The summed E-state index contributed by atoms with van der Waals surface area (Å²) < 4.78 is 11.5. The number of carbonyl (C=O) groups excluding carboxylic acids is 1. The molecule has 1 aliphatic carbocycles. The summed E-state index contributed by atoms with van der Waals surface area (Å²) in [5.41, 5.74) is 2.04. The summed E-state index contributed by atoms with van der Waals surface area (Å²) in [6, 6.07) is 13.2. The molecule has 2 heterocycles. The fourth-order valence-corrected chi connectivity index (χ4v) is 3.97. The Balaban J connectivity index is 1.19. The Bertz CT molecular complexity index is 987. The van der Waals surface area contributed by atoms with E-state index in [2.05, 4.69) is 15.3 Å². The summed E-state index contributed by atoms with van der Waals surface area (Å²) in [4.78, 5) is 20.8. The second kappa shape index (κ2) is 8.97. The first-order valence-electron chi connectivity index (χ1n) is 9.50. The molecular weight excluding hydrogens is 388 g/mol. The van der Waals surface area contributed by atoms with Crippen molar-refractivity contribution in [3.05, 3.63) is 48.2 Å². The molecule has 1 N–H and O–H groups in total. The first-order chi connectivity index (χ1) is 14.2. The van der Waals surface area contributed by atoms with Crippen LogP contribution >= 0.6 is 11.8 Å². The highest BCUT2D eigenvalue weighted by molar-refractivity contribution is 7.99.